The van der Waals surface area contributed by atoms with E-state index in [1.54, 1.807) is 6.92 Å². The molecule has 1 amide bonds. The van der Waals surface area contributed by atoms with Crippen LogP contribution in [0.4, 0.5) is 4.39 Å². The fourth-order valence-corrected chi connectivity index (χ4v) is 2.27. The van der Waals surface area contributed by atoms with Crippen LogP contribution in [-0.4, -0.2) is 30.8 Å². The zero-order valence-electron chi connectivity index (χ0n) is 11.6. The summed E-state index contributed by atoms with van der Waals surface area (Å²) < 4.78 is 18.1. The van der Waals surface area contributed by atoms with Gasteiger partial charge in [0.05, 0.1) is 6.54 Å². The second kappa shape index (κ2) is 6.33. The van der Waals surface area contributed by atoms with Gasteiger partial charge in [-0.1, -0.05) is 12.1 Å². The molecule has 0 bridgehead atoms. The number of nitrogens with one attached hydrogen (secondary N) is 1. The number of aliphatic hydroxyl groups is 1. The number of hydrogen-bond donors (Lipinski definition) is 2. The van der Waals surface area contributed by atoms with Crippen molar-refractivity contribution in [1.29, 1.82) is 0 Å². The maximum atomic E-state index is 12.9. The fourth-order valence-electron chi connectivity index (χ4n) is 2.27. The van der Waals surface area contributed by atoms with Gasteiger partial charge in [-0.3, -0.25) is 4.79 Å². The first-order valence-corrected chi connectivity index (χ1v) is 6.83. The van der Waals surface area contributed by atoms with Crippen molar-refractivity contribution in [3.8, 4) is 0 Å². The Labute approximate surface area is 117 Å². The van der Waals surface area contributed by atoms with Gasteiger partial charge in [0.2, 0.25) is 5.91 Å². The van der Waals surface area contributed by atoms with Crippen LogP contribution in [0.25, 0.3) is 0 Å². The van der Waals surface area contributed by atoms with Crippen molar-refractivity contribution in [1.82, 2.24) is 5.32 Å². The fraction of sp³-hybridized carbons (Fsp3) is 0.533. The first kappa shape index (κ1) is 14.9. The molecule has 2 rings (SSSR count). The molecule has 1 aromatic carbocycles. The molecule has 1 heterocycles. The van der Waals surface area contributed by atoms with E-state index in [0.717, 1.165) is 0 Å². The Morgan fingerprint density at radius 2 is 2.00 bits per heavy atom. The molecule has 0 saturated carbocycles. The highest BCUT2D eigenvalue weighted by Gasteiger charge is 2.27. The average Bonchev–Trinajstić information content (AvgIpc) is 2.46. The zero-order chi connectivity index (χ0) is 14.6. The highest BCUT2D eigenvalue weighted by Crippen LogP contribution is 2.21. The van der Waals surface area contributed by atoms with Crippen molar-refractivity contribution in [3.63, 3.8) is 0 Å². The third-order valence-electron chi connectivity index (χ3n) is 3.67. The molecular formula is C15H20FNO3. The molecule has 5 heteroatoms. The van der Waals surface area contributed by atoms with Crippen LogP contribution in [0, 0.1) is 11.7 Å². The molecule has 20 heavy (non-hydrogen) atoms. The summed E-state index contributed by atoms with van der Waals surface area (Å²) in [4.78, 5) is 12.0. The molecule has 1 aromatic rings. The normalized spacial score (nSPS) is 19.4. The highest BCUT2D eigenvalue weighted by molar-refractivity contribution is 5.78. The molecule has 1 atom stereocenters. The van der Waals surface area contributed by atoms with Crippen molar-refractivity contribution in [2.75, 3.05) is 19.8 Å². The van der Waals surface area contributed by atoms with Crippen LogP contribution < -0.4 is 5.32 Å². The molecular weight excluding hydrogens is 261 g/mol. The maximum Gasteiger partial charge on any atom is 0.223 e. The molecule has 1 saturated heterocycles. The third kappa shape index (κ3) is 3.77. The molecule has 1 unspecified atom stereocenters. The lowest BCUT2D eigenvalue weighted by molar-refractivity contribution is -0.129. The number of hydrogen-bond acceptors (Lipinski definition) is 3. The van der Waals surface area contributed by atoms with Gasteiger partial charge in [0, 0.05) is 19.1 Å². The maximum absolute atomic E-state index is 12.9. The van der Waals surface area contributed by atoms with Crippen molar-refractivity contribution in [2.45, 2.75) is 25.4 Å². The van der Waals surface area contributed by atoms with Gasteiger partial charge in [-0.05, 0) is 37.5 Å². The summed E-state index contributed by atoms with van der Waals surface area (Å²) in [6, 6.07) is 5.64. The lowest BCUT2D eigenvalue weighted by Crippen LogP contribution is -2.42. The first-order valence-electron chi connectivity index (χ1n) is 6.83. The van der Waals surface area contributed by atoms with Crippen LogP contribution in [0.3, 0.4) is 0 Å². The number of rotatable bonds is 4. The summed E-state index contributed by atoms with van der Waals surface area (Å²) in [6.45, 7) is 2.91. The van der Waals surface area contributed by atoms with Crippen molar-refractivity contribution < 1.29 is 19.0 Å². The average molecular weight is 281 g/mol. The Balaban J connectivity index is 1.91. The molecule has 4 nitrogen and oxygen atoms in total. The lowest BCUT2D eigenvalue weighted by atomic mass is 9.94. The van der Waals surface area contributed by atoms with Gasteiger partial charge in [0.15, 0.2) is 0 Å². The summed E-state index contributed by atoms with van der Waals surface area (Å²) in [6.07, 6.45) is 1.43. The SMILES string of the molecule is CC(O)(CNC(=O)C1CCOCC1)c1ccc(F)cc1. The van der Waals surface area contributed by atoms with E-state index < -0.39 is 5.60 Å². The van der Waals surface area contributed by atoms with Crippen LogP contribution in [0.1, 0.15) is 25.3 Å². The second-order valence-electron chi connectivity index (χ2n) is 5.39. The van der Waals surface area contributed by atoms with Crippen molar-refractivity contribution in [3.05, 3.63) is 35.6 Å². The number of ether oxygens (including phenoxy) is 1. The number of benzene rings is 1. The zero-order valence-corrected chi connectivity index (χ0v) is 11.6. The van der Waals surface area contributed by atoms with Crippen LogP contribution in [0.15, 0.2) is 24.3 Å². The van der Waals surface area contributed by atoms with E-state index >= 15 is 0 Å². The van der Waals surface area contributed by atoms with Crippen molar-refractivity contribution in [2.24, 2.45) is 5.92 Å². The molecule has 2 N–H and O–H groups in total. The predicted octanol–water partition coefficient (Wildman–Crippen LogP) is 1.58. The number of halogens is 1. The Morgan fingerprint density at radius 1 is 1.40 bits per heavy atom. The van der Waals surface area contributed by atoms with Crippen LogP contribution >= 0.6 is 0 Å². The highest BCUT2D eigenvalue weighted by atomic mass is 19.1. The van der Waals surface area contributed by atoms with E-state index in [1.807, 2.05) is 0 Å². The molecule has 0 aliphatic carbocycles. The minimum absolute atomic E-state index is 0.0484. The first-order chi connectivity index (χ1) is 9.49. The van der Waals surface area contributed by atoms with Gasteiger partial charge in [0.1, 0.15) is 11.4 Å². The summed E-state index contributed by atoms with van der Waals surface area (Å²) in [5.41, 5.74) is -0.639. The van der Waals surface area contributed by atoms with E-state index in [-0.39, 0.29) is 24.2 Å². The van der Waals surface area contributed by atoms with Gasteiger partial charge < -0.3 is 15.2 Å². The molecule has 0 aromatic heterocycles. The summed E-state index contributed by atoms with van der Waals surface area (Å²) in [5, 5.41) is 13.1. The van der Waals surface area contributed by atoms with E-state index in [4.69, 9.17) is 4.74 Å². The molecule has 1 aliphatic heterocycles. The predicted molar refractivity (Wildman–Crippen MR) is 72.5 cm³/mol. The largest absolute Gasteiger partial charge is 0.384 e. The third-order valence-corrected chi connectivity index (χ3v) is 3.67. The summed E-state index contributed by atoms with van der Waals surface area (Å²) in [5.74, 6) is -0.459. The Bertz CT molecular complexity index is 453. The van der Waals surface area contributed by atoms with Gasteiger partial charge in [-0.25, -0.2) is 4.39 Å². The standard InChI is InChI=1S/C15H20FNO3/c1-15(19,12-2-4-13(16)5-3-12)10-17-14(18)11-6-8-20-9-7-11/h2-5,11,19H,6-10H2,1H3,(H,17,18). The van der Waals surface area contributed by atoms with Gasteiger partial charge in [-0.15, -0.1) is 0 Å². The van der Waals surface area contributed by atoms with Crippen molar-refractivity contribution >= 4 is 5.91 Å². The summed E-state index contributed by atoms with van der Waals surface area (Å²) in [7, 11) is 0. The van der Waals surface area contributed by atoms with E-state index in [2.05, 4.69) is 5.32 Å². The van der Waals surface area contributed by atoms with Crippen LogP contribution in [0.2, 0.25) is 0 Å². The van der Waals surface area contributed by atoms with E-state index in [1.165, 1.54) is 24.3 Å². The smallest absolute Gasteiger partial charge is 0.223 e. The molecule has 0 radical (unpaired) electrons. The van der Waals surface area contributed by atoms with E-state index in [9.17, 15) is 14.3 Å². The number of carbonyl (C=O) groups excluding carboxylic acids is 1. The van der Waals surface area contributed by atoms with Gasteiger partial charge >= 0.3 is 0 Å². The monoisotopic (exact) mass is 281 g/mol. The lowest BCUT2D eigenvalue weighted by Gasteiger charge is -2.27. The summed E-state index contributed by atoms with van der Waals surface area (Å²) >= 11 is 0. The number of carbonyl (C=O) groups is 1. The Morgan fingerprint density at radius 3 is 2.60 bits per heavy atom. The van der Waals surface area contributed by atoms with Gasteiger partial charge in [-0.2, -0.15) is 0 Å². The second-order valence-corrected chi connectivity index (χ2v) is 5.39. The Hall–Kier alpha value is -1.46. The molecule has 110 valence electrons. The van der Waals surface area contributed by atoms with E-state index in [0.29, 0.717) is 31.6 Å². The minimum atomic E-state index is -1.21. The van der Waals surface area contributed by atoms with Crippen LogP contribution in [0.5, 0.6) is 0 Å². The topological polar surface area (TPSA) is 58.6 Å². The van der Waals surface area contributed by atoms with Gasteiger partial charge in [0.25, 0.3) is 0 Å². The quantitative estimate of drug-likeness (QED) is 0.881. The minimum Gasteiger partial charge on any atom is -0.384 e. The molecule has 1 aliphatic rings. The van der Waals surface area contributed by atoms with Crippen LogP contribution in [-0.2, 0) is 15.1 Å². The Kier molecular flexibility index (Phi) is 4.73. The number of amides is 1. The molecule has 0 spiro atoms. The molecule has 1 fully saturated rings.